The number of fused-ring (bicyclic) bond motifs is 3. The van der Waals surface area contributed by atoms with Crippen LogP contribution in [-0.2, 0) is 17.7 Å². The number of nitrogens with zero attached hydrogens (tertiary/aromatic N) is 1. The van der Waals surface area contributed by atoms with E-state index in [4.69, 9.17) is 15.2 Å². The summed E-state index contributed by atoms with van der Waals surface area (Å²) >= 11 is 1.59. The molecule has 0 aliphatic carbocycles. The second-order valence-corrected chi connectivity index (χ2v) is 11.3. The molecule has 0 fully saturated rings. The summed E-state index contributed by atoms with van der Waals surface area (Å²) in [5.41, 5.74) is 11.9. The topological polar surface area (TPSA) is 133 Å². The summed E-state index contributed by atoms with van der Waals surface area (Å²) in [6, 6.07) is 13.0. The molecule has 5 rings (SSSR count). The van der Waals surface area contributed by atoms with E-state index in [0.29, 0.717) is 53.4 Å². The Balaban J connectivity index is 1.71. The first kappa shape index (κ1) is 29.9. The van der Waals surface area contributed by atoms with Crippen LogP contribution >= 0.6 is 11.3 Å². The smallest absolute Gasteiger partial charge is 0.357 e. The largest absolute Gasteiger partial charge is 0.493 e. The average molecular weight is 599 g/mol. The van der Waals surface area contributed by atoms with Crippen LogP contribution in [0.15, 0.2) is 47.8 Å². The molecule has 0 bridgehead atoms. The van der Waals surface area contributed by atoms with Crippen molar-refractivity contribution in [3.8, 4) is 27.3 Å². The van der Waals surface area contributed by atoms with Crippen molar-refractivity contribution in [1.29, 1.82) is 0 Å². The van der Waals surface area contributed by atoms with Crippen LogP contribution in [0.4, 0.5) is 5.69 Å². The maximum Gasteiger partial charge on any atom is 0.357 e. The second-order valence-electron chi connectivity index (χ2n) is 10.4. The van der Waals surface area contributed by atoms with Gasteiger partial charge in [-0.15, -0.1) is 11.3 Å². The number of nitrogens with two attached hydrogens (primary N) is 1. The number of carbonyl (C=O) groups excluding carboxylic acids is 3. The Labute approximate surface area is 254 Å². The fraction of sp³-hybridized carbons (Fsp3) is 0.273. The van der Waals surface area contributed by atoms with Crippen LogP contribution in [0.5, 0.6) is 5.75 Å². The Morgan fingerprint density at radius 1 is 1.00 bits per heavy atom. The van der Waals surface area contributed by atoms with Crippen LogP contribution in [0.3, 0.4) is 0 Å². The quantitative estimate of drug-likeness (QED) is 0.223. The molecule has 2 aromatic carbocycles. The number of anilines is 1. The van der Waals surface area contributed by atoms with Gasteiger partial charge in [-0.05, 0) is 78.2 Å². The Morgan fingerprint density at radius 3 is 2.53 bits per heavy atom. The van der Waals surface area contributed by atoms with E-state index in [-0.39, 0.29) is 23.2 Å². The van der Waals surface area contributed by atoms with E-state index in [1.54, 1.807) is 30.4 Å². The number of esters is 1. The van der Waals surface area contributed by atoms with Crippen molar-refractivity contribution in [3.05, 3.63) is 87.0 Å². The summed E-state index contributed by atoms with van der Waals surface area (Å²) in [5.74, 6) is -0.895. The minimum Gasteiger partial charge on any atom is -0.493 e. The molecule has 3 heterocycles. The first-order valence-electron chi connectivity index (χ1n) is 14.1. The van der Waals surface area contributed by atoms with Crippen LogP contribution in [0.2, 0.25) is 0 Å². The van der Waals surface area contributed by atoms with Gasteiger partial charge in [0.25, 0.3) is 11.8 Å². The minimum absolute atomic E-state index is 0.0716. The van der Waals surface area contributed by atoms with Crippen LogP contribution in [-0.4, -0.2) is 43.0 Å². The van der Waals surface area contributed by atoms with E-state index in [1.165, 1.54) is 7.11 Å². The van der Waals surface area contributed by atoms with Gasteiger partial charge < -0.3 is 25.8 Å². The van der Waals surface area contributed by atoms with Gasteiger partial charge in [-0.3, -0.25) is 9.59 Å². The van der Waals surface area contributed by atoms with Crippen molar-refractivity contribution in [2.75, 3.05) is 25.6 Å². The predicted molar refractivity (Wildman–Crippen MR) is 168 cm³/mol. The molecule has 9 nitrogen and oxygen atoms in total. The van der Waals surface area contributed by atoms with Gasteiger partial charge in [-0.25, -0.2) is 9.78 Å². The normalized spacial score (nSPS) is 11.9. The third kappa shape index (κ3) is 6.02. The summed E-state index contributed by atoms with van der Waals surface area (Å²) in [5, 5.41) is 7.88. The lowest BCUT2D eigenvalue weighted by molar-refractivity contribution is 0.0594. The molecule has 43 heavy (non-hydrogen) atoms. The molecule has 4 N–H and O–H groups in total. The maximum atomic E-state index is 14.1. The molecular weight excluding hydrogens is 564 g/mol. The van der Waals surface area contributed by atoms with Crippen LogP contribution in [0.1, 0.15) is 66.9 Å². The fourth-order valence-electron chi connectivity index (χ4n) is 5.13. The van der Waals surface area contributed by atoms with Gasteiger partial charge >= 0.3 is 5.97 Å². The third-order valence-corrected chi connectivity index (χ3v) is 8.38. The van der Waals surface area contributed by atoms with Gasteiger partial charge in [-0.1, -0.05) is 19.1 Å². The number of nitrogens with one attached hydrogen (secondary N) is 2. The van der Waals surface area contributed by atoms with Crippen LogP contribution < -0.4 is 21.1 Å². The van der Waals surface area contributed by atoms with Gasteiger partial charge in [0.05, 0.1) is 13.7 Å². The average Bonchev–Trinajstić information content (AvgIpc) is 3.41. The van der Waals surface area contributed by atoms with E-state index < -0.39 is 5.97 Å². The number of benzene rings is 2. The van der Waals surface area contributed by atoms with Crippen molar-refractivity contribution < 1.29 is 23.9 Å². The molecule has 2 amide bonds. The first-order valence-corrected chi connectivity index (χ1v) is 15.0. The summed E-state index contributed by atoms with van der Waals surface area (Å²) in [7, 11) is 1.25. The number of amides is 2. The molecule has 4 aromatic rings. The number of rotatable bonds is 8. The molecule has 0 unspecified atom stereocenters. The lowest BCUT2D eigenvalue weighted by atomic mass is 9.92. The molecule has 222 valence electrons. The Bertz CT molecular complexity index is 1730. The van der Waals surface area contributed by atoms with Gasteiger partial charge in [0.15, 0.2) is 5.69 Å². The number of hydrogen-bond acceptors (Lipinski definition) is 8. The zero-order valence-corrected chi connectivity index (χ0v) is 25.4. The van der Waals surface area contributed by atoms with Gasteiger partial charge in [-0.2, -0.15) is 0 Å². The monoisotopic (exact) mass is 598 g/mol. The second kappa shape index (κ2) is 12.8. The van der Waals surface area contributed by atoms with E-state index in [2.05, 4.69) is 21.7 Å². The maximum absolute atomic E-state index is 14.1. The van der Waals surface area contributed by atoms with Gasteiger partial charge in [0.1, 0.15) is 11.4 Å². The van der Waals surface area contributed by atoms with Crippen molar-refractivity contribution in [1.82, 2.24) is 10.3 Å². The number of carbonyl (C=O) groups is 3. The van der Waals surface area contributed by atoms with Crippen molar-refractivity contribution in [2.24, 2.45) is 5.73 Å². The third-order valence-electron chi connectivity index (χ3n) is 7.39. The van der Waals surface area contributed by atoms with Crippen LogP contribution in [0.25, 0.3) is 21.6 Å². The number of aromatic nitrogens is 1. The molecule has 10 heteroatoms. The molecule has 1 aliphatic rings. The molecule has 0 saturated carbocycles. The molecule has 0 saturated heterocycles. The number of pyridine rings is 1. The highest BCUT2D eigenvalue weighted by Gasteiger charge is 2.28. The zero-order valence-electron chi connectivity index (χ0n) is 24.6. The van der Waals surface area contributed by atoms with Gasteiger partial charge in [0, 0.05) is 52.3 Å². The molecule has 0 radical (unpaired) electrons. The number of methoxy groups -OCH3 is 1. The zero-order chi connectivity index (χ0) is 30.7. The van der Waals surface area contributed by atoms with Crippen molar-refractivity contribution in [2.45, 2.75) is 40.2 Å². The summed E-state index contributed by atoms with van der Waals surface area (Å²) < 4.78 is 11.3. The fourth-order valence-corrected chi connectivity index (χ4v) is 6.11. The first-order chi connectivity index (χ1) is 20.7. The van der Waals surface area contributed by atoms with E-state index in [9.17, 15) is 14.4 Å². The standard InChI is InChI=1S/C33H34N4O5S/c1-5-10-35-32(39)28-19(3)14-23(29(37-28)33(40)41-4)22-16-27-25(30-21(8-11-42-27)9-12-43-30)15-24(22)31(38)36-26-7-6-20(17-34)13-18(26)2/h6-7,9,12-16H,5,8,10-11,17,34H2,1-4H3,(H,35,39)(H,36,38). The molecule has 0 spiro atoms. The van der Waals surface area contributed by atoms with Crippen molar-refractivity contribution >= 4 is 34.8 Å². The number of ether oxygens (including phenoxy) is 2. The molecular formula is C33H34N4O5S. The molecule has 0 atom stereocenters. The lowest BCUT2D eigenvalue weighted by Gasteiger charge is -2.19. The SMILES string of the molecule is CCCNC(=O)c1nc(C(=O)OC)c(-c2cc3c(cc2C(=O)Nc2ccc(CN)cc2C)-c2sccc2CCO3)cc1C. The molecule has 1 aliphatic heterocycles. The van der Waals surface area contributed by atoms with Crippen molar-refractivity contribution in [3.63, 3.8) is 0 Å². The minimum atomic E-state index is -0.726. The Morgan fingerprint density at radius 2 is 1.81 bits per heavy atom. The molecule has 2 aromatic heterocycles. The predicted octanol–water partition coefficient (Wildman–Crippen LogP) is 5.67. The van der Waals surface area contributed by atoms with E-state index in [0.717, 1.165) is 40.0 Å². The highest BCUT2D eigenvalue weighted by atomic mass is 32.1. The highest BCUT2D eigenvalue weighted by molar-refractivity contribution is 7.13. The summed E-state index contributed by atoms with van der Waals surface area (Å²) in [4.78, 5) is 45.6. The number of thiophene rings is 1. The highest BCUT2D eigenvalue weighted by Crippen LogP contribution is 2.43. The van der Waals surface area contributed by atoms with E-state index in [1.807, 2.05) is 43.5 Å². The van der Waals surface area contributed by atoms with Crippen LogP contribution in [0, 0.1) is 13.8 Å². The number of aryl methyl sites for hydroxylation is 2. The Hall–Kier alpha value is -4.54. The van der Waals surface area contributed by atoms with E-state index >= 15 is 0 Å². The summed E-state index contributed by atoms with van der Waals surface area (Å²) in [6.07, 6.45) is 1.48. The Kier molecular flexibility index (Phi) is 8.89. The number of hydrogen-bond donors (Lipinski definition) is 3. The summed E-state index contributed by atoms with van der Waals surface area (Å²) in [6.45, 7) is 6.93. The van der Waals surface area contributed by atoms with Gasteiger partial charge in [0.2, 0.25) is 0 Å². The lowest BCUT2D eigenvalue weighted by Crippen LogP contribution is -2.27.